The number of pyridine rings is 1. The van der Waals surface area contributed by atoms with Crippen molar-refractivity contribution in [3.05, 3.63) is 23.9 Å². The highest BCUT2D eigenvalue weighted by atomic mass is 127. The fourth-order valence-corrected chi connectivity index (χ4v) is 2.71. The van der Waals surface area contributed by atoms with Crippen LogP contribution in [-0.2, 0) is 6.54 Å². The summed E-state index contributed by atoms with van der Waals surface area (Å²) >= 11 is 0. The number of guanidine groups is 1. The van der Waals surface area contributed by atoms with Gasteiger partial charge in [0.1, 0.15) is 5.82 Å². The van der Waals surface area contributed by atoms with E-state index in [0.29, 0.717) is 0 Å². The minimum absolute atomic E-state index is 0. The van der Waals surface area contributed by atoms with E-state index in [1.54, 1.807) is 0 Å². The summed E-state index contributed by atoms with van der Waals surface area (Å²) in [5.41, 5.74) is 1.22. The second kappa shape index (κ2) is 9.17. The molecule has 124 valence electrons. The van der Waals surface area contributed by atoms with Crippen LogP contribution in [0.2, 0.25) is 0 Å². The van der Waals surface area contributed by atoms with Gasteiger partial charge in [-0.05, 0) is 36.5 Å². The molecular weight excluding hydrogens is 389 g/mol. The van der Waals surface area contributed by atoms with Crippen molar-refractivity contribution in [3.63, 3.8) is 0 Å². The van der Waals surface area contributed by atoms with E-state index >= 15 is 0 Å². The van der Waals surface area contributed by atoms with Crippen LogP contribution in [0.15, 0.2) is 23.3 Å². The summed E-state index contributed by atoms with van der Waals surface area (Å²) < 4.78 is 0. The number of rotatable bonds is 3. The van der Waals surface area contributed by atoms with Crippen molar-refractivity contribution in [2.45, 2.75) is 26.3 Å². The topological polar surface area (TPSA) is 43.8 Å². The molecule has 0 aromatic carbocycles. The molecule has 1 fully saturated rings. The van der Waals surface area contributed by atoms with Gasteiger partial charge in [0.2, 0.25) is 0 Å². The molecule has 2 rings (SSSR count). The van der Waals surface area contributed by atoms with Gasteiger partial charge in [0, 0.05) is 47.0 Å². The van der Waals surface area contributed by atoms with Crippen molar-refractivity contribution in [2.75, 3.05) is 39.1 Å². The average molecular weight is 417 g/mol. The van der Waals surface area contributed by atoms with Crippen molar-refractivity contribution < 1.29 is 0 Å². The third-order valence-corrected chi connectivity index (χ3v) is 3.89. The minimum Gasteiger partial charge on any atom is -0.363 e. The molecule has 0 aliphatic carbocycles. The van der Waals surface area contributed by atoms with Gasteiger partial charge in [-0.25, -0.2) is 4.98 Å². The Morgan fingerprint density at radius 1 is 1.50 bits per heavy atom. The molecule has 1 saturated heterocycles. The van der Waals surface area contributed by atoms with Gasteiger partial charge >= 0.3 is 0 Å². The molecule has 1 aromatic rings. The van der Waals surface area contributed by atoms with E-state index in [9.17, 15) is 0 Å². The Hall–Kier alpha value is -1.05. The SMILES string of the molecule is CN=C(NCc1ccnc(N(C)C)c1)N1CCCC(C)C1.I. The number of likely N-dealkylation sites (tertiary alicyclic amines) is 1. The van der Waals surface area contributed by atoms with Crippen molar-refractivity contribution in [3.8, 4) is 0 Å². The zero-order valence-electron chi connectivity index (χ0n) is 14.0. The lowest BCUT2D eigenvalue weighted by molar-refractivity contribution is 0.266. The maximum Gasteiger partial charge on any atom is 0.193 e. The summed E-state index contributed by atoms with van der Waals surface area (Å²) in [6.45, 7) is 5.29. The number of aromatic nitrogens is 1. The smallest absolute Gasteiger partial charge is 0.193 e. The van der Waals surface area contributed by atoms with Crippen molar-refractivity contribution in [1.29, 1.82) is 0 Å². The monoisotopic (exact) mass is 417 g/mol. The van der Waals surface area contributed by atoms with Crippen LogP contribution in [0.3, 0.4) is 0 Å². The van der Waals surface area contributed by atoms with E-state index in [0.717, 1.165) is 37.3 Å². The van der Waals surface area contributed by atoms with Crippen molar-refractivity contribution in [1.82, 2.24) is 15.2 Å². The molecule has 2 heterocycles. The quantitative estimate of drug-likeness (QED) is 0.467. The first-order valence-electron chi connectivity index (χ1n) is 7.68. The standard InChI is InChI=1S/C16H27N5.HI/c1-13-6-5-9-21(12-13)16(17-2)19-11-14-7-8-18-15(10-14)20(3)4;/h7-8,10,13H,5-6,9,11-12H2,1-4H3,(H,17,19);1H. The van der Waals surface area contributed by atoms with Crippen LogP contribution in [-0.4, -0.2) is 50.1 Å². The number of anilines is 1. The highest BCUT2D eigenvalue weighted by Gasteiger charge is 2.18. The number of piperidine rings is 1. The van der Waals surface area contributed by atoms with Crippen LogP contribution in [0.4, 0.5) is 5.82 Å². The van der Waals surface area contributed by atoms with Gasteiger partial charge in [0.05, 0.1) is 0 Å². The number of halogens is 1. The molecule has 5 nitrogen and oxygen atoms in total. The lowest BCUT2D eigenvalue weighted by atomic mass is 10.0. The normalized spacial score (nSPS) is 18.6. The second-order valence-corrected chi connectivity index (χ2v) is 6.01. The van der Waals surface area contributed by atoms with E-state index in [-0.39, 0.29) is 24.0 Å². The van der Waals surface area contributed by atoms with Crippen molar-refractivity contribution in [2.24, 2.45) is 10.9 Å². The third-order valence-electron chi connectivity index (χ3n) is 3.89. The Morgan fingerprint density at radius 2 is 2.27 bits per heavy atom. The van der Waals surface area contributed by atoms with Gasteiger partial charge in [0.15, 0.2) is 5.96 Å². The van der Waals surface area contributed by atoms with Gasteiger partial charge in [-0.1, -0.05) is 6.92 Å². The van der Waals surface area contributed by atoms with E-state index in [1.807, 2.05) is 38.3 Å². The lowest BCUT2D eigenvalue weighted by Crippen LogP contribution is -2.45. The summed E-state index contributed by atoms with van der Waals surface area (Å²) in [7, 11) is 5.88. The number of nitrogens with zero attached hydrogens (tertiary/aromatic N) is 4. The van der Waals surface area contributed by atoms with Crippen LogP contribution in [0.5, 0.6) is 0 Å². The zero-order chi connectivity index (χ0) is 15.2. The van der Waals surface area contributed by atoms with Crippen LogP contribution >= 0.6 is 24.0 Å². The van der Waals surface area contributed by atoms with Crippen LogP contribution in [0.25, 0.3) is 0 Å². The van der Waals surface area contributed by atoms with Crippen LogP contribution in [0.1, 0.15) is 25.3 Å². The summed E-state index contributed by atoms with van der Waals surface area (Å²) in [5.74, 6) is 2.74. The van der Waals surface area contributed by atoms with E-state index < -0.39 is 0 Å². The van der Waals surface area contributed by atoms with Gasteiger partial charge in [0.25, 0.3) is 0 Å². The van der Waals surface area contributed by atoms with Crippen LogP contribution < -0.4 is 10.2 Å². The number of aliphatic imine (C=N–C) groups is 1. The predicted molar refractivity (Wildman–Crippen MR) is 104 cm³/mol. The second-order valence-electron chi connectivity index (χ2n) is 6.01. The Morgan fingerprint density at radius 3 is 2.91 bits per heavy atom. The molecule has 0 spiro atoms. The molecule has 0 radical (unpaired) electrons. The summed E-state index contributed by atoms with van der Waals surface area (Å²) in [6.07, 6.45) is 4.43. The van der Waals surface area contributed by atoms with Crippen molar-refractivity contribution >= 4 is 35.8 Å². The molecule has 1 aromatic heterocycles. The first-order chi connectivity index (χ1) is 10.1. The van der Waals surface area contributed by atoms with Gasteiger partial charge < -0.3 is 15.1 Å². The molecule has 1 aliphatic rings. The Bertz CT molecular complexity index is 489. The van der Waals surface area contributed by atoms with Gasteiger partial charge in [-0.3, -0.25) is 4.99 Å². The van der Waals surface area contributed by atoms with E-state index in [4.69, 9.17) is 0 Å². The van der Waals surface area contributed by atoms with Gasteiger partial charge in [-0.15, -0.1) is 24.0 Å². The molecule has 0 saturated carbocycles. The fraction of sp³-hybridized carbons (Fsp3) is 0.625. The maximum absolute atomic E-state index is 4.42. The summed E-state index contributed by atoms with van der Waals surface area (Å²) in [4.78, 5) is 13.1. The Kier molecular flexibility index (Phi) is 7.92. The molecule has 1 atom stereocenters. The molecule has 1 N–H and O–H groups in total. The molecule has 22 heavy (non-hydrogen) atoms. The average Bonchev–Trinajstić information content (AvgIpc) is 2.48. The first kappa shape index (κ1) is 19.0. The summed E-state index contributed by atoms with van der Waals surface area (Å²) in [5, 5.41) is 3.47. The number of nitrogens with one attached hydrogen (secondary N) is 1. The van der Waals surface area contributed by atoms with E-state index in [2.05, 4.69) is 33.2 Å². The lowest BCUT2D eigenvalue weighted by Gasteiger charge is -2.33. The zero-order valence-corrected chi connectivity index (χ0v) is 16.4. The molecular formula is C16H28IN5. The highest BCUT2D eigenvalue weighted by Crippen LogP contribution is 2.15. The number of hydrogen-bond acceptors (Lipinski definition) is 3. The number of hydrogen-bond donors (Lipinski definition) is 1. The largest absolute Gasteiger partial charge is 0.363 e. The molecule has 6 heteroatoms. The first-order valence-corrected chi connectivity index (χ1v) is 7.68. The molecule has 1 unspecified atom stereocenters. The minimum atomic E-state index is 0. The maximum atomic E-state index is 4.42. The van der Waals surface area contributed by atoms with E-state index in [1.165, 1.54) is 18.4 Å². The molecule has 1 aliphatic heterocycles. The van der Waals surface area contributed by atoms with Gasteiger partial charge in [-0.2, -0.15) is 0 Å². The Labute approximate surface area is 151 Å². The predicted octanol–water partition coefficient (Wildman–Crippen LogP) is 2.57. The summed E-state index contributed by atoms with van der Waals surface area (Å²) in [6, 6.07) is 4.16. The molecule has 0 amide bonds. The highest BCUT2D eigenvalue weighted by molar-refractivity contribution is 14.0. The fourth-order valence-electron chi connectivity index (χ4n) is 2.71. The molecule has 0 bridgehead atoms. The third kappa shape index (κ3) is 5.30. The van der Waals surface area contributed by atoms with Crippen LogP contribution in [0, 0.1) is 5.92 Å². The Balaban J connectivity index is 0.00000242.